The fraction of sp³-hybridized carbons (Fsp3) is 0.304. The third kappa shape index (κ3) is 4.38. The molecule has 1 aliphatic heterocycles. The van der Waals surface area contributed by atoms with Crippen molar-refractivity contribution in [3.63, 3.8) is 0 Å². The van der Waals surface area contributed by atoms with Gasteiger partial charge in [0.1, 0.15) is 11.5 Å². The lowest BCUT2D eigenvalue weighted by Crippen LogP contribution is -2.44. The van der Waals surface area contributed by atoms with Crippen LogP contribution < -0.4 is 0 Å². The van der Waals surface area contributed by atoms with E-state index in [4.69, 9.17) is 4.42 Å². The Bertz CT molecular complexity index is 1260. The van der Waals surface area contributed by atoms with Crippen LogP contribution in [0.4, 0.5) is 13.2 Å². The lowest BCUT2D eigenvalue weighted by Gasteiger charge is -2.39. The minimum atomic E-state index is -2.88. The monoisotopic (exact) mass is 454 g/mol. The molecule has 2 aromatic carbocycles. The fourth-order valence-electron chi connectivity index (χ4n) is 3.92. The van der Waals surface area contributed by atoms with Gasteiger partial charge in [-0.3, -0.25) is 0 Å². The van der Waals surface area contributed by atoms with Crippen molar-refractivity contribution in [2.24, 2.45) is 0 Å². The largest absolute Gasteiger partial charge is 0.415 e. The van der Waals surface area contributed by atoms with Crippen molar-refractivity contribution in [1.29, 1.82) is 0 Å². The molecule has 7 nitrogen and oxygen atoms in total. The summed E-state index contributed by atoms with van der Waals surface area (Å²) in [4.78, 5) is 2.39. The van der Waals surface area contributed by atoms with E-state index in [1.165, 1.54) is 17.7 Å². The number of likely N-dealkylation sites (N-methyl/N-ethyl adjacent to an activating group) is 1. The van der Waals surface area contributed by atoms with Crippen molar-refractivity contribution in [1.82, 2.24) is 30.1 Å². The van der Waals surface area contributed by atoms with E-state index in [0.29, 0.717) is 17.2 Å². The average Bonchev–Trinajstić information content (AvgIpc) is 3.45. The second-order valence-electron chi connectivity index (χ2n) is 8.03. The Labute approximate surface area is 187 Å². The molecule has 170 valence electrons. The Morgan fingerprint density at radius 3 is 2.64 bits per heavy atom. The molecule has 0 bridgehead atoms. The summed E-state index contributed by atoms with van der Waals surface area (Å²) >= 11 is 0. The van der Waals surface area contributed by atoms with Crippen LogP contribution in [0.1, 0.15) is 36.3 Å². The summed E-state index contributed by atoms with van der Waals surface area (Å²) in [5.41, 5.74) is 3.56. The smallest absolute Gasteiger partial charge is 0.314 e. The first kappa shape index (κ1) is 21.3. The molecule has 0 atom stereocenters. The summed E-state index contributed by atoms with van der Waals surface area (Å²) in [5.74, 6) is -0.960. The SMILES string of the molecule is CCN1CC(c2cccc(-c3cn(Cc4ccc(-c5nnc(C(F)F)o5)cc4F)nn3)c2)C1. The highest BCUT2D eigenvalue weighted by Crippen LogP contribution is 2.29. The second-order valence-corrected chi connectivity index (χ2v) is 8.03. The highest BCUT2D eigenvalue weighted by Gasteiger charge is 2.26. The third-order valence-corrected chi connectivity index (χ3v) is 5.86. The van der Waals surface area contributed by atoms with E-state index >= 15 is 0 Å². The van der Waals surface area contributed by atoms with Gasteiger partial charge in [0, 0.05) is 35.7 Å². The Balaban J connectivity index is 1.30. The predicted octanol–water partition coefficient (Wildman–Crippen LogP) is 4.54. The molecule has 2 aromatic heterocycles. The maximum absolute atomic E-state index is 14.7. The lowest BCUT2D eigenvalue weighted by molar-refractivity contribution is 0.116. The number of nitrogens with zero attached hydrogens (tertiary/aromatic N) is 6. The van der Waals surface area contributed by atoms with Crippen molar-refractivity contribution in [2.75, 3.05) is 19.6 Å². The summed E-state index contributed by atoms with van der Waals surface area (Å²) in [5, 5.41) is 15.2. The molecule has 1 aliphatic rings. The molecule has 0 spiro atoms. The van der Waals surface area contributed by atoms with E-state index in [1.807, 2.05) is 12.1 Å². The normalized spacial score (nSPS) is 14.7. The minimum absolute atomic E-state index is 0.160. The quantitative estimate of drug-likeness (QED) is 0.408. The minimum Gasteiger partial charge on any atom is -0.415 e. The van der Waals surface area contributed by atoms with Crippen LogP contribution in [0.3, 0.4) is 0 Å². The van der Waals surface area contributed by atoms with Crippen molar-refractivity contribution >= 4 is 0 Å². The molecular weight excluding hydrogens is 433 g/mol. The van der Waals surface area contributed by atoms with E-state index in [-0.39, 0.29) is 18.0 Å². The van der Waals surface area contributed by atoms with Crippen molar-refractivity contribution in [3.05, 3.63) is 71.5 Å². The zero-order valence-electron chi connectivity index (χ0n) is 17.8. The summed E-state index contributed by atoms with van der Waals surface area (Å²) in [7, 11) is 0. The second kappa shape index (κ2) is 8.78. The van der Waals surface area contributed by atoms with Gasteiger partial charge in [0.2, 0.25) is 5.89 Å². The standard InChI is InChI=1S/C23H21F3N6O/c1-2-31-10-18(11-31)14-4-3-5-15(8-14)20-13-32(30-27-20)12-17-7-6-16(9-19(17)24)22-28-29-23(33-22)21(25)26/h3-9,13,18,21H,2,10-12H2,1H3. The summed E-state index contributed by atoms with van der Waals surface area (Å²) in [6, 6.07) is 12.5. The Kier molecular flexibility index (Phi) is 5.67. The highest BCUT2D eigenvalue weighted by molar-refractivity contribution is 5.59. The zero-order valence-corrected chi connectivity index (χ0v) is 17.8. The maximum atomic E-state index is 14.7. The van der Waals surface area contributed by atoms with Gasteiger partial charge in [0.25, 0.3) is 5.89 Å². The van der Waals surface area contributed by atoms with Gasteiger partial charge in [0.15, 0.2) is 0 Å². The Morgan fingerprint density at radius 2 is 1.91 bits per heavy atom. The number of hydrogen-bond acceptors (Lipinski definition) is 6. The number of hydrogen-bond donors (Lipinski definition) is 0. The summed E-state index contributed by atoms with van der Waals surface area (Å²) in [6.07, 6.45) is -1.10. The number of rotatable bonds is 7. The van der Waals surface area contributed by atoms with Gasteiger partial charge in [-0.2, -0.15) is 8.78 Å². The number of likely N-dealkylation sites (tertiary alicyclic amines) is 1. The summed E-state index contributed by atoms with van der Waals surface area (Å²) < 4.78 is 46.4. The first-order valence-corrected chi connectivity index (χ1v) is 10.6. The number of alkyl halides is 2. The topological polar surface area (TPSA) is 72.9 Å². The molecule has 5 rings (SSSR count). The van der Waals surface area contributed by atoms with Gasteiger partial charge < -0.3 is 9.32 Å². The van der Waals surface area contributed by atoms with Crippen LogP contribution in [0, 0.1) is 5.82 Å². The van der Waals surface area contributed by atoms with Gasteiger partial charge in [-0.05, 0) is 30.3 Å². The van der Waals surface area contributed by atoms with Crippen LogP contribution in [0.5, 0.6) is 0 Å². The molecule has 33 heavy (non-hydrogen) atoms. The fourth-order valence-corrected chi connectivity index (χ4v) is 3.92. The molecule has 0 N–H and O–H groups in total. The van der Waals surface area contributed by atoms with E-state index in [1.54, 1.807) is 16.9 Å². The summed E-state index contributed by atoms with van der Waals surface area (Å²) in [6.45, 7) is 5.52. The highest BCUT2D eigenvalue weighted by atomic mass is 19.3. The molecule has 0 radical (unpaired) electrons. The maximum Gasteiger partial charge on any atom is 0.314 e. The van der Waals surface area contributed by atoms with Gasteiger partial charge >= 0.3 is 6.43 Å². The molecule has 0 unspecified atom stereocenters. The van der Waals surface area contributed by atoms with Crippen LogP contribution in [0.25, 0.3) is 22.7 Å². The van der Waals surface area contributed by atoms with Crippen molar-refractivity contribution in [2.45, 2.75) is 25.8 Å². The van der Waals surface area contributed by atoms with E-state index < -0.39 is 18.1 Å². The molecule has 10 heteroatoms. The number of halogens is 3. The molecule has 0 aliphatic carbocycles. The Hall–Kier alpha value is -3.53. The van der Waals surface area contributed by atoms with Crippen LogP contribution in [-0.2, 0) is 6.54 Å². The van der Waals surface area contributed by atoms with Gasteiger partial charge in [-0.1, -0.05) is 36.4 Å². The predicted molar refractivity (Wildman–Crippen MR) is 114 cm³/mol. The molecule has 1 saturated heterocycles. The van der Waals surface area contributed by atoms with Crippen LogP contribution in [0.2, 0.25) is 0 Å². The van der Waals surface area contributed by atoms with E-state index in [9.17, 15) is 13.2 Å². The molecule has 0 amide bonds. The average molecular weight is 454 g/mol. The third-order valence-electron chi connectivity index (χ3n) is 5.86. The van der Waals surface area contributed by atoms with E-state index in [0.717, 1.165) is 25.2 Å². The van der Waals surface area contributed by atoms with Gasteiger partial charge in [-0.15, -0.1) is 15.3 Å². The van der Waals surface area contributed by atoms with Crippen LogP contribution in [0.15, 0.2) is 53.1 Å². The molecule has 1 fully saturated rings. The van der Waals surface area contributed by atoms with Crippen LogP contribution in [-0.4, -0.2) is 49.7 Å². The molecular formula is C23H21F3N6O. The van der Waals surface area contributed by atoms with Crippen molar-refractivity contribution in [3.8, 4) is 22.7 Å². The first-order chi connectivity index (χ1) is 16.0. The zero-order chi connectivity index (χ0) is 22.9. The number of aromatic nitrogens is 5. The lowest BCUT2D eigenvalue weighted by atomic mass is 9.90. The number of benzene rings is 2. The first-order valence-electron chi connectivity index (χ1n) is 10.6. The van der Waals surface area contributed by atoms with Gasteiger partial charge in [0.05, 0.1) is 12.7 Å². The van der Waals surface area contributed by atoms with Gasteiger partial charge in [-0.25, -0.2) is 9.07 Å². The van der Waals surface area contributed by atoms with Crippen molar-refractivity contribution < 1.29 is 17.6 Å². The molecule has 3 heterocycles. The molecule has 0 saturated carbocycles. The molecule has 4 aromatic rings. The van der Waals surface area contributed by atoms with Crippen LogP contribution >= 0.6 is 0 Å². The Morgan fingerprint density at radius 1 is 1.06 bits per heavy atom. The van der Waals surface area contributed by atoms with E-state index in [2.05, 4.69) is 44.5 Å².